The van der Waals surface area contributed by atoms with Crippen molar-refractivity contribution < 1.29 is 32.4 Å². The van der Waals surface area contributed by atoms with E-state index in [9.17, 15) is 28.1 Å². The van der Waals surface area contributed by atoms with Gasteiger partial charge in [-0.1, -0.05) is 0 Å². The number of rotatable bonds is 7. The van der Waals surface area contributed by atoms with Gasteiger partial charge in [0.25, 0.3) is 5.70 Å². The molecule has 1 aromatic rings. The minimum atomic E-state index is -4.70. The molecule has 158 valence electrons. The molecule has 0 bridgehead atoms. The number of dihydropyridines is 1. The highest BCUT2D eigenvalue weighted by Crippen LogP contribution is 2.38. The van der Waals surface area contributed by atoms with Crippen LogP contribution >= 0.6 is 0 Å². The van der Waals surface area contributed by atoms with Crippen LogP contribution in [0, 0.1) is 10.1 Å². The van der Waals surface area contributed by atoms with Gasteiger partial charge in [-0.3, -0.25) is 14.9 Å². The Hall–Kier alpha value is -3.24. The maximum absolute atomic E-state index is 13.5. The molecule has 11 heteroatoms. The Bertz CT molecular complexity index is 852. The van der Waals surface area contributed by atoms with Crippen molar-refractivity contribution in [2.75, 3.05) is 25.1 Å². The number of allylic oxidation sites excluding steroid dienone is 2. The lowest BCUT2D eigenvalue weighted by molar-refractivity contribution is -0.430. The fourth-order valence-electron chi connectivity index (χ4n) is 2.67. The second-order valence-corrected chi connectivity index (χ2v) is 6.19. The van der Waals surface area contributed by atoms with E-state index < -0.39 is 28.7 Å². The van der Waals surface area contributed by atoms with Crippen LogP contribution in [0.3, 0.4) is 0 Å². The molecule has 1 aliphatic heterocycles. The maximum atomic E-state index is 13.5. The van der Waals surface area contributed by atoms with Crippen LogP contribution in [0.15, 0.2) is 41.9 Å². The van der Waals surface area contributed by atoms with E-state index in [0.717, 1.165) is 11.0 Å². The molecule has 1 aromatic carbocycles. The molecule has 0 fully saturated rings. The molecule has 0 spiro atoms. The van der Waals surface area contributed by atoms with Gasteiger partial charge in [-0.15, -0.1) is 0 Å². The third kappa shape index (κ3) is 5.62. The summed E-state index contributed by atoms with van der Waals surface area (Å²) in [6, 6.07) is 2.62. The normalized spacial score (nSPS) is 16.3. The van der Waals surface area contributed by atoms with Gasteiger partial charge in [0, 0.05) is 24.9 Å². The molecule has 8 nitrogen and oxygen atoms in total. The van der Waals surface area contributed by atoms with Gasteiger partial charge < -0.3 is 19.7 Å². The summed E-state index contributed by atoms with van der Waals surface area (Å²) >= 11 is 0. The number of hydrogen-bond acceptors (Lipinski definition) is 7. The van der Waals surface area contributed by atoms with Crippen molar-refractivity contribution in [1.82, 2.24) is 5.32 Å². The summed E-state index contributed by atoms with van der Waals surface area (Å²) in [4.78, 5) is 23.0. The van der Waals surface area contributed by atoms with Crippen molar-refractivity contribution >= 4 is 11.7 Å². The molecule has 1 unspecified atom stereocenters. The molecule has 0 radical (unpaired) electrons. The van der Waals surface area contributed by atoms with E-state index in [1.165, 1.54) is 38.3 Å². The number of nitrogens with zero attached hydrogens (tertiary/aromatic N) is 2. The first kappa shape index (κ1) is 22.1. The van der Waals surface area contributed by atoms with E-state index in [2.05, 4.69) is 5.32 Å². The van der Waals surface area contributed by atoms with Crippen LogP contribution < -0.4 is 15.0 Å². The molecular weight excluding hydrogens is 395 g/mol. The van der Waals surface area contributed by atoms with Crippen molar-refractivity contribution in [3.63, 3.8) is 0 Å². The van der Waals surface area contributed by atoms with E-state index in [-0.39, 0.29) is 36.2 Å². The summed E-state index contributed by atoms with van der Waals surface area (Å²) in [5.74, 6) is -0.694. The lowest BCUT2D eigenvalue weighted by Gasteiger charge is -2.24. The molecule has 29 heavy (non-hydrogen) atoms. The van der Waals surface area contributed by atoms with Crippen LogP contribution in [0.25, 0.3) is 0 Å². The highest BCUT2D eigenvalue weighted by atomic mass is 19.4. The van der Waals surface area contributed by atoms with Crippen LogP contribution in [0.2, 0.25) is 0 Å². The maximum Gasteiger partial charge on any atom is 0.418 e. The SMILES string of the molecule is CCOC(=O)CN(C)c1ccc(OC2=CC=C([N+](=O)[O-])C(C)N2)cc1C(F)(F)F. The van der Waals surface area contributed by atoms with Crippen LogP contribution in [0.1, 0.15) is 19.4 Å². The largest absolute Gasteiger partial charge is 0.465 e. The third-order valence-electron chi connectivity index (χ3n) is 4.00. The zero-order valence-electron chi connectivity index (χ0n) is 15.9. The van der Waals surface area contributed by atoms with Gasteiger partial charge in [-0.2, -0.15) is 13.2 Å². The number of benzene rings is 1. The minimum absolute atomic E-state index is 0.0730. The highest BCUT2D eigenvalue weighted by Gasteiger charge is 2.35. The summed E-state index contributed by atoms with van der Waals surface area (Å²) < 4.78 is 50.8. The zero-order chi connectivity index (χ0) is 21.8. The second kappa shape index (κ2) is 8.84. The fraction of sp³-hybridized carbons (Fsp3) is 0.389. The molecule has 0 aromatic heterocycles. The topological polar surface area (TPSA) is 93.9 Å². The molecule has 0 aliphatic carbocycles. The van der Waals surface area contributed by atoms with Crippen molar-refractivity contribution in [2.24, 2.45) is 0 Å². The van der Waals surface area contributed by atoms with Gasteiger partial charge in [0.15, 0.2) is 5.88 Å². The second-order valence-electron chi connectivity index (χ2n) is 6.19. The molecule has 0 amide bonds. The quantitative estimate of drug-likeness (QED) is 0.416. The third-order valence-corrected chi connectivity index (χ3v) is 4.00. The van der Waals surface area contributed by atoms with Crippen molar-refractivity contribution in [3.05, 3.63) is 57.6 Å². The van der Waals surface area contributed by atoms with Crippen LogP contribution in [-0.4, -0.2) is 37.1 Å². The number of anilines is 1. The number of likely N-dealkylation sites (N-methyl/N-ethyl adjacent to an activating group) is 1. The molecule has 0 saturated heterocycles. The summed E-state index contributed by atoms with van der Waals surface area (Å²) in [5, 5.41) is 13.6. The number of hydrogen-bond donors (Lipinski definition) is 1. The predicted octanol–water partition coefficient (Wildman–Crippen LogP) is 3.08. The summed E-state index contributed by atoms with van der Waals surface area (Å²) in [6.45, 7) is 2.90. The van der Waals surface area contributed by atoms with E-state index in [1.807, 2.05) is 0 Å². The first-order valence-corrected chi connectivity index (χ1v) is 8.61. The first-order valence-electron chi connectivity index (χ1n) is 8.61. The molecule has 1 heterocycles. The van der Waals surface area contributed by atoms with Crippen LogP contribution in [-0.2, 0) is 15.7 Å². The Kier molecular flexibility index (Phi) is 6.72. The molecular formula is C18H20F3N3O5. The number of nitrogens with one attached hydrogen (secondary N) is 1. The smallest absolute Gasteiger partial charge is 0.418 e. The predicted molar refractivity (Wildman–Crippen MR) is 97.7 cm³/mol. The minimum Gasteiger partial charge on any atom is -0.465 e. The van der Waals surface area contributed by atoms with Crippen LogP contribution in [0.4, 0.5) is 18.9 Å². The zero-order valence-corrected chi connectivity index (χ0v) is 15.9. The van der Waals surface area contributed by atoms with E-state index in [1.54, 1.807) is 6.92 Å². The van der Waals surface area contributed by atoms with Gasteiger partial charge in [-0.25, -0.2) is 0 Å². The number of carbonyl (C=O) groups is 1. The monoisotopic (exact) mass is 415 g/mol. The van der Waals surface area contributed by atoms with Crippen molar-refractivity contribution in [3.8, 4) is 5.75 Å². The average Bonchev–Trinajstić information content (AvgIpc) is 2.60. The van der Waals surface area contributed by atoms with Crippen molar-refractivity contribution in [2.45, 2.75) is 26.1 Å². The Labute approximate surface area is 164 Å². The van der Waals surface area contributed by atoms with Gasteiger partial charge in [0.2, 0.25) is 0 Å². The van der Waals surface area contributed by atoms with Gasteiger partial charge in [0.1, 0.15) is 18.3 Å². The number of halogens is 3. The molecule has 2 rings (SSSR count). The Morgan fingerprint density at radius 1 is 1.34 bits per heavy atom. The molecule has 1 atom stereocenters. The number of carbonyl (C=O) groups excluding carboxylic acids is 1. The fourth-order valence-corrected chi connectivity index (χ4v) is 2.67. The van der Waals surface area contributed by atoms with E-state index in [4.69, 9.17) is 9.47 Å². The summed E-state index contributed by atoms with van der Waals surface area (Å²) in [6.07, 6.45) is -2.20. The highest BCUT2D eigenvalue weighted by molar-refractivity contribution is 5.76. The number of nitro groups is 1. The summed E-state index contributed by atoms with van der Waals surface area (Å²) in [5.41, 5.74) is -1.30. The number of esters is 1. The Balaban J connectivity index is 2.28. The average molecular weight is 415 g/mol. The Morgan fingerprint density at radius 3 is 2.59 bits per heavy atom. The van der Waals surface area contributed by atoms with E-state index >= 15 is 0 Å². The van der Waals surface area contributed by atoms with Gasteiger partial charge in [-0.05, 0) is 32.0 Å². The van der Waals surface area contributed by atoms with E-state index in [0.29, 0.717) is 0 Å². The number of alkyl halides is 3. The lowest BCUT2D eigenvalue weighted by atomic mass is 10.1. The molecule has 0 saturated carbocycles. The Morgan fingerprint density at radius 2 is 2.03 bits per heavy atom. The van der Waals surface area contributed by atoms with Gasteiger partial charge in [0.05, 0.1) is 17.1 Å². The lowest BCUT2D eigenvalue weighted by Crippen LogP contribution is -2.34. The van der Waals surface area contributed by atoms with Crippen LogP contribution in [0.5, 0.6) is 5.75 Å². The molecule has 1 aliphatic rings. The van der Waals surface area contributed by atoms with Crippen molar-refractivity contribution in [1.29, 1.82) is 0 Å². The molecule has 1 N–H and O–H groups in total. The standard InChI is InChI=1S/C18H20F3N3O5/c1-4-28-17(25)10-23(3)15-6-5-12(9-13(15)18(19,20)21)29-16-8-7-14(24(26)27)11(2)22-16/h5-9,11,22H,4,10H2,1-3H3. The van der Waals surface area contributed by atoms with Gasteiger partial charge >= 0.3 is 12.1 Å². The first-order chi connectivity index (χ1) is 13.5. The summed E-state index contributed by atoms with van der Waals surface area (Å²) in [7, 11) is 1.35. The number of ether oxygens (including phenoxy) is 2.